The molecule has 0 bridgehead atoms. The molecule has 0 fully saturated rings. The van der Waals surface area contributed by atoms with Crippen molar-refractivity contribution in [2.24, 2.45) is 0 Å². The molecule has 4 aromatic carbocycles. The summed E-state index contributed by atoms with van der Waals surface area (Å²) < 4.78 is 26.6. The number of ketones is 2. The van der Waals surface area contributed by atoms with Crippen LogP contribution in [0.4, 0.5) is 20.2 Å². The van der Waals surface area contributed by atoms with Gasteiger partial charge in [-0.15, -0.1) is 0 Å². The van der Waals surface area contributed by atoms with E-state index in [-0.39, 0.29) is 17.5 Å². The van der Waals surface area contributed by atoms with Crippen LogP contribution in [0.5, 0.6) is 0 Å². The first-order chi connectivity index (χ1) is 20.7. The van der Waals surface area contributed by atoms with E-state index in [0.29, 0.717) is 70.4 Å². The van der Waals surface area contributed by atoms with Crippen molar-refractivity contribution in [2.45, 2.75) is 25.7 Å². The second kappa shape index (κ2) is 12.5. The molecule has 0 aromatic heterocycles. The quantitative estimate of drug-likeness (QED) is 0.248. The molecule has 0 heterocycles. The molecule has 0 spiro atoms. The number of fused-ring (bicyclic) bond motifs is 2. The second-order valence-corrected chi connectivity index (χ2v) is 10.7. The summed E-state index contributed by atoms with van der Waals surface area (Å²) in [5.41, 5.74) is 4.59. The van der Waals surface area contributed by atoms with Gasteiger partial charge >= 0.3 is 0 Å². The number of rotatable bonds is 4. The molecule has 6 rings (SSSR count). The van der Waals surface area contributed by atoms with Crippen molar-refractivity contribution in [2.75, 3.05) is 10.6 Å². The Morgan fingerprint density at radius 2 is 1.09 bits per heavy atom. The Hall–Kier alpha value is -5.01. The van der Waals surface area contributed by atoms with Crippen LogP contribution in [-0.4, -0.2) is 23.4 Å². The number of benzene rings is 4. The zero-order valence-corrected chi connectivity index (χ0v) is 24.1. The Kier molecular flexibility index (Phi) is 8.55. The molecule has 2 aliphatic carbocycles. The van der Waals surface area contributed by atoms with Crippen molar-refractivity contribution in [1.29, 1.82) is 5.26 Å². The van der Waals surface area contributed by atoms with Crippen LogP contribution in [0.25, 0.3) is 0 Å². The molecule has 0 saturated heterocycles. The standard InChI is InChI=1S/C17H11FN2O2.C16H11BrFNO2/c18-12-4-1-10(2-5-12)17(22)20-14-7-3-11(9-19)13-6-8-15(21)16(13)14;17-12-6-7-13(15-11(12)5-8-14(15)20)19-16(21)9-1-3-10(18)4-2-9/h1-5,7H,6,8H2,(H,20,22);1-4,6-7H,5,8H2,(H,19,21). The molecular formula is C33H22BrF2N3O4. The van der Waals surface area contributed by atoms with Crippen LogP contribution >= 0.6 is 15.9 Å². The summed E-state index contributed by atoms with van der Waals surface area (Å²) in [6, 6.07) is 19.1. The van der Waals surface area contributed by atoms with Crippen molar-refractivity contribution < 1.29 is 28.0 Å². The number of carbonyl (C=O) groups is 4. The van der Waals surface area contributed by atoms with E-state index < -0.39 is 17.5 Å². The van der Waals surface area contributed by atoms with Crippen LogP contribution in [-0.2, 0) is 12.8 Å². The van der Waals surface area contributed by atoms with E-state index in [0.717, 1.165) is 10.0 Å². The fourth-order valence-electron chi connectivity index (χ4n) is 5.04. The molecule has 2 aliphatic rings. The first-order valence-electron chi connectivity index (χ1n) is 13.2. The lowest BCUT2D eigenvalue weighted by Crippen LogP contribution is -2.14. The van der Waals surface area contributed by atoms with Gasteiger partial charge in [0.25, 0.3) is 11.8 Å². The lowest BCUT2D eigenvalue weighted by molar-refractivity contribution is 0.0985. The van der Waals surface area contributed by atoms with Gasteiger partial charge in [0.1, 0.15) is 11.6 Å². The monoisotopic (exact) mass is 641 g/mol. The summed E-state index contributed by atoms with van der Waals surface area (Å²) in [6.07, 6.45) is 1.98. The largest absolute Gasteiger partial charge is 0.321 e. The molecule has 214 valence electrons. The molecule has 0 atom stereocenters. The van der Waals surface area contributed by atoms with E-state index in [1.54, 1.807) is 18.2 Å². The maximum atomic E-state index is 12.9. The molecule has 2 N–H and O–H groups in total. The van der Waals surface area contributed by atoms with Gasteiger partial charge in [0.15, 0.2) is 11.6 Å². The van der Waals surface area contributed by atoms with Gasteiger partial charge in [0.05, 0.1) is 23.0 Å². The normalized spacial score (nSPS) is 12.9. The number of nitrogens with one attached hydrogen (secondary N) is 2. The maximum absolute atomic E-state index is 12.9. The van der Waals surface area contributed by atoms with E-state index in [1.807, 2.05) is 6.07 Å². The zero-order valence-electron chi connectivity index (χ0n) is 22.5. The molecule has 10 heteroatoms. The third-order valence-corrected chi connectivity index (χ3v) is 7.90. The minimum absolute atomic E-state index is 0.0284. The van der Waals surface area contributed by atoms with Crippen LogP contribution in [0.2, 0.25) is 0 Å². The molecule has 0 radical (unpaired) electrons. The lowest BCUT2D eigenvalue weighted by Gasteiger charge is -2.11. The number of nitriles is 1. The smallest absolute Gasteiger partial charge is 0.255 e. The minimum Gasteiger partial charge on any atom is -0.321 e. The summed E-state index contributed by atoms with van der Waals surface area (Å²) in [7, 11) is 0. The van der Waals surface area contributed by atoms with Gasteiger partial charge < -0.3 is 10.6 Å². The summed E-state index contributed by atoms with van der Waals surface area (Å²) in [4.78, 5) is 48.3. The van der Waals surface area contributed by atoms with Crippen LogP contribution in [0.15, 0.2) is 77.3 Å². The molecule has 2 amide bonds. The van der Waals surface area contributed by atoms with Gasteiger partial charge in [-0.1, -0.05) is 15.9 Å². The highest BCUT2D eigenvalue weighted by Crippen LogP contribution is 2.35. The minimum atomic E-state index is -0.425. The zero-order chi connectivity index (χ0) is 30.7. The number of anilines is 2. The van der Waals surface area contributed by atoms with Crippen LogP contribution in [0.1, 0.15) is 71.0 Å². The predicted octanol–water partition coefficient (Wildman–Crippen LogP) is 7.05. The highest BCUT2D eigenvalue weighted by Gasteiger charge is 2.27. The summed E-state index contributed by atoms with van der Waals surface area (Å²) in [5, 5.41) is 14.5. The van der Waals surface area contributed by atoms with Gasteiger partial charge in [-0.25, -0.2) is 8.78 Å². The topological polar surface area (TPSA) is 116 Å². The first kappa shape index (κ1) is 29.5. The SMILES string of the molecule is N#Cc1ccc(NC(=O)c2ccc(F)cc2)c2c1CCC2=O.O=C(Nc1ccc(Br)c2c1C(=O)CC2)c1ccc(F)cc1. The van der Waals surface area contributed by atoms with Gasteiger partial charge in [0, 0.05) is 39.6 Å². The molecule has 0 unspecified atom stereocenters. The van der Waals surface area contributed by atoms with Crippen LogP contribution in [0, 0.1) is 23.0 Å². The Labute approximate surface area is 253 Å². The van der Waals surface area contributed by atoms with Crippen molar-refractivity contribution >= 4 is 50.7 Å². The molecule has 4 aromatic rings. The van der Waals surface area contributed by atoms with Gasteiger partial charge in [-0.05, 0) is 96.8 Å². The third kappa shape index (κ3) is 6.27. The maximum Gasteiger partial charge on any atom is 0.255 e. The number of Topliss-reactive ketones (excluding diaryl/α,β-unsaturated/α-hetero) is 2. The number of hydrogen-bond donors (Lipinski definition) is 2. The van der Waals surface area contributed by atoms with E-state index in [9.17, 15) is 28.0 Å². The van der Waals surface area contributed by atoms with Gasteiger partial charge in [-0.3, -0.25) is 19.2 Å². The highest BCUT2D eigenvalue weighted by atomic mass is 79.9. The Morgan fingerprint density at radius 3 is 1.58 bits per heavy atom. The number of hydrogen-bond acceptors (Lipinski definition) is 5. The second-order valence-electron chi connectivity index (χ2n) is 9.84. The van der Waals surface area contributed by atoms with Crippen molar-refractivity contribution in [1.82, 2.24) is 0 Å². The van der Waals surface area contributed by atoms with Crippen LogP contribution in [0.3, 0.4) is 0 Å². The van der Waals surface area contributed by atoms with Crippen molar-refractivity contribution in [3.05, 3.63) is 128 Å². The average Bonchev–Trinajstić information content (AvgIpc) is 3.59. The average molecular weight is 642 g/mol. The first-order valence-corrected chi connectivity index (χ1v) is 14.0. The molecular weight excluding hydrogens is 620 g/mol. The van der Waals surface area contributed by atoms with Gasteiger partial charge in [-0.2, -0.15) is 5.26 Å². The van der Waals surface area contributed by atoms with E-state index in [1.165, 1.54) is 48.5 Å². The summed E-state index contributed by atoms with van der Waals surface area (Å²) >= 11 is 3.42. The van der Waals surface area contributed by atoms with E-state index >= 15 is 0 Å². The summed E-state index contributed by atoms with van der Waals surface area (Å²) in [6.45, 7) is 0. The fourth-order valence-corrected chi connectivity index (χ4v) is 5.57. The van der Waals surface area contributed by atoms with Crippen molar-refractivity contribution in [3.8, 4) is 6.07 Å². The number of nitrogens with zero attached hydrogens (tertiary/aromatic N) is 1. The van der Waals surface area contributed by atoms with Crippen molar-refractivity contribution in [3.63, 3.8) is 0 Å². The summed E-state index contributed by atoms with van der Waals surface area (Å²) in [5.74, 6) is -1.66. The van der Waals surface area contributed by atoms with Gasteiger partial charge in [0.2, 0.25) is 0 Å². The van der Waals surface area contributed by atoms with Crippen LogP contribution < -0.4 is 10.6 Å². The van der Waals surface area contributed by atoms with E-state index in [4.69, 9.17) is 5.26 Å². The number of amides is 2. The third-order valence-electron chi connectivity index (χ3n) is 7.16. The Bertz CT molecular complexity index is 1830. The molecule has 7 nitrogen and oxygen atoms in total. The highest BCUT2D eigenvalue weighted by molar-refractivity contribution is 9.10. The van der Waals surface area contributed by atoms with E-state index in [2.05, 4.69) is 32.6 Å². The number of carbonyl (C=O) groups excluding carboxylic acids is 4. The fraction of sp³-hybridized carbons (Fsp3) is 0.121. The Balaban J connectivity index is 0.000000171. The predicted molar refractivity (Wildman–Crippen MR) is 159 cm³/mol. The Morgan fingerprint density at radius 1 is 0.651 bits per heavy atom. The number of halogens is 3. The molecule has 0 aliphatic heterocycles. The molecule has 43 heavy (non-hydrogen) atoms. The molecule has 0 saturated carbocycles. The lowest BCUT2D eigenvalue weighted by atomic mass is 10.0.